The fourth-order valence-corrected chi connectivity index (χ4v) is 3.37. The quantitative estimate of drug-likeness (QED) is 0.895. The first-order chi connectivity index (χ1) is 9.79. The van der Waals surface area contributed by atoms with Gasteiger partial charge in [0.15, 0.2) is 0 Å². The Bertz CT molecular complexity index is 475. The number of methoxy groups -OCH3 is 1. The number of carbonyl (C=O) groups excluding carboxylic acids is 1. The van der Waals surface area contributed by atoms with Crippen molar-refractivity contribution in [1.29, 1.82) is 0 Å². The third-order valence-corrected chi connectivity index (χ3v) is 4.47. The highest BCUT2D eigenvalue weighted by Gasteiger charge is 2.36. The molecule has 2 atom stereocenters. The fourth-order valence-electron chi connectivity index (χ4n) is 3.37. The van der Waals surface area contributed by atoms with E-state index in [4.69, 9.17) is 4.74 Å². The van der Waals surface area contributed by atoms with Crippen molar-refractivity contribution < 1.29 is 9.53 Å². The van der Waals surface area contributed by atoms with Gasteiger partial charge < -0.3 is 15.0 Å². The van der Waals surface area contributed by atoms with Crippen LogP contribution in [0.4, 0.5) is 0 Å². The fraction of sp³-hybridized carbons (Fsp3) is 0.562. The number of carbonyl (C=O) groups is 1. The van der Waals surface area contributed by atoms with Crippen LogP contribution in [-0.2, 0) is 0 Å². The maximum absolute atomic E-state index is 12.7. The van der Waals surface area contributed by atoms with Crippen molar-refractivity contribution in [2.75, 3.05) is 26.7 Å². The van der Waals surface area contributed by atoms with Gasteiger partial charge in [0, 0.05) is 19.1 Å². The summed E-state index contributed by atoms with van der Waals surface area (Å²) in [6.07, 6.45) is 3.76. The Morgan fingerprint density at radius 2 is 2.15 bits per heavy atom. The molecule has 3 rings (SSSR count). The first-order valence-electron chi connectivity index (χ1n) is 7.45. The SMILES string of the molecule is COc1ccccc1C(=O)N1C[C@H]2CCCCN[C@@H]2C1. The first kappa shape index (κ1) is 13.4. The summed E-state index contributed by atoms with van der Waals surface area (Å²) in [7, 11) is 1.61. The molecule has 0 aromatic heterocycles. The van der Waals surface area contributed by atoms with Crippen LogP contribution in [0, 0.1) is 5.92 Å². The molecule has 0 radical (unpaired) electrons. The van der Waals surface area contributed by atoms with Crippen molar-refractivity contribution in [3.63, 3.8) is 0 Å². The van der Waals surface area contributed by atoms with E-state index in [0.717, 1.165) is 19.6 Å². The number of ether oxygens (including phenoxy) is 1. The van der Waals surface area contributed by atoms with Crippen molar-refractivity contribution in [3.05, 3.63) is 29.8 Å². The molecule has 2 aliphatic heterocycles. The minimum atomic E-state index is 0.0947. The Morgan fingerprint density at radius 3 is 3.00 bits per heavy atom. The number of hydrogen-bond donors (Lipinski definition) is 1. The summed E-state index contributed by atoms with van der Waals surface area (Å²) in [5.74, 6) is 1.37. The maximum Gasteiger partial charge on any atom is 0.257 e. The second kappa shape index (κ2) is 5.83. The maximum atomic E-state index is 12.7. The molecular weight excluding hydrogens is 252 g/mol. The third-order valence-electron chi connectivity index (χ3n) is 4.47. The minimum Gasteiger partial charge on any atom is -0.496 e. The summed E-state index contributed by atoms with van der Waals surface area (Å²) in [6, 6.07) is 7.95. The Balaban J connectivity index is 1.75. The molecule has 4 nitrogen and oxygen atoms in total. The van der Waals surface area contributed by atoms with Crippen LogP contribution in [-0.4, -0.2) is 43.6 Å². The highest BCUT2D eigenvalue weighted by Crippen LogP contribution is 2.28. The topological polar surface area (TPSA) is 41.6 Å². The van der Waals surface area contributed by atoms with Gasteiger partial charge in [-0.15, -0.1) is 0 Å². The zero-order valence-electron chi connectivity index (χ0n) is 12.0. The Kier molecular flexibility index (Phi) is 3.92. The zero-order chi connectivity index (χ0) is 13.9. The standard InChI is InChI=1S/C16H22N2O2/c1-20-15-8-3-2-7-13(15)16(19)18-10-12-6-4-5-9-17-14(12)11-18/h2-3,7-8,12,14,17H,4-6,9-11H2,1H3/t12-,14-/m1/s1. The number of rotatable bonds is 2. The molecule has 1 amide bonds. The van der Waals surface area contributed by atoms with E-state index in [9.17, 15) is 4.79 Å². The van der Waals surface area contributed by atoms with Gasteiger partial charge in [-0.05, 0) is 37.4 Å². The Morgan fingerprint density at radius 1 is 1.30 bits per heavy atom. The van der Waals surface area contributed by atoms with E-state index in [2.05, 4.69) is 5.32 Å². The van der Waals surface area contributed by atoms with Gasteiger partial charge in [0.2, 0.25) is 0 Å². The van der Waals surface area contributed by atoms with E-state index in [-0.39, 0.29) is 5.91 Å². The van der Waals surface area contributed by atoms with Crippen LogP contribution in [0.3, 0.4) is 0 Å². The molecule has 20 heavy (non-hydrogen) atoms. The molecule has 108 valence electrons. The average molecular weight is 274 g/mol. The summed E-state index contributed by atoms with van der Waals surface area (Å²) in [4.78, 5) is 14.7. The molecule has 2 aliphatic rings. The van der Waals surface area contributed by atoms with Gasteiger partial charge in [0.25, 0.3) is 5.91 Å². The van der Waals surface area contributed by atoms with Crippen LogP contribution >= 0.6 is 0 Å². The summed E-state index contributed by atoms with van der Waals surface area (Å²) in [6.45, 7) is 2.77. The molecule has 1 aromatic rings. The van der Waals surface area contributed by atoms with Crippen LogP contribution in [0.5, 0.6) is 5.75 Å². The number of amides is 1. The number of hydrogen-bond acceptors (Lipinski definition) is 3. The molecule has 1 N–H and O–H groups in total. The van der Waals surface area contributed by atoms with Gasteiger partial charge in [-0.3, -0.25) is 4.79 Å². The smallest absolute Gasteiger partial charge is 0.257 e. The van der Waals surface area contributed by atoms with Crippen molar-refractivity contribution in [1.82, 2.24) is 10.2 Å². The second-order valence-electron chi connectivity index (χ2n) is 5.73. The van der Waals surface area contributed by atoms with Crippen LogP contribution in [0.25, 0.3) is 0 Å². The summed E-state index contributed by atoms with van der Waals surface area (Å²) >= 11 is 0. The lowest BCUT2D eigenvalue weighted by molar-refractivity contribution is 0.0780. The normalized spacial score (nSPS) is 25.9. The molecule has 0 bridgehead atoms. The Labute approximate surface area is 120 Å². The molecule has 0 aliphatic carbocycles. The molecule has 0 unspecified atom stereocenters. The monoisotopic (exact) mass is 274 g/mol. The van der Waals surface area contributed by atoms with Gasteiger partial charge in [0.1, 0.15) is 5.75 Å². The van der Waals surface area contributed by atoms with Gasteiger partial charge in [0.05, 0.1) is 12.7 Å². The third kappa shape index (κ3) is 2.52. The number of para-hydroxylation sites is 1. The molecule has 0 saturated carbocycles. The van der Waals surface area contributed by atoms with Crippen LogP contribution in [0.15, 0.2) is 24.3 Å². The molecule has 2 heterocycles. The lowest BCUT2D eigenvalue weighted by Crippen LogP contribution is -2.36. The van der Waals surface area contributed by atoms with E-state index in [1.807, 2.05) is 29.2 Å². The van der Waals surface area contributed by atoms with Crippen LogP contribution in [0.1, 0.15) is 29.6 Å². The van der Waals surface area contributed by atoms with Crippen molar-refractivity contribution in [3.8, 4) is 5.75 Å². The molecule has 2 saturated heterocycles. The first-order valence-corrected chi connectivity index (χ1v) is 7.45. The number of likely N-dealkylation sites (tertiary alicyclic amines) is 1. The van der Waals surface area contributed by atoms with E-state index in [1.54, 1.807) is 7.11 Å². The summed E-state index contributed by atoms with van der Waals surface area (Å²) < 4.78 is 5.30. The lowest BCUT2D eigenvalue weighted by atomic mass is 9.99. The average Bonchev–Trinajstić information content (AvgIpc) is 2.77. The molecule has 4 heteroatoms. The molecular formula is C16H22N2O2. The minimum absolute atomic E-state index is 0.0947. The van der Waals surface area contributed by atoms with Crippen molar-refractivity contribution in [2.45, 2.75) is 25.3 Å². The highest BCUT2D eigenvalue weighted by atomic mass is 16.5. The number of nitrogens with zero attached hydrogens (tertiary/aromatic N) is 1. The van der Waals surface area contributed by atoms with E-state index in [0.29, 0.717) is 23.3 Å². The largest absolute Gasteiger partial charge is 0.496 e. The summed E-state index contributed by atoms with van der Waals surface area (Å²) in [5.41, 5.74) is 0.673. The zero-order valence-corrected chi connectivity index (χ0v) is 12.0. The van der Waals surface area contributed by atoms with E-state index < -0.39 is 0 Å². The van der Waals surface area contributed by atoms with Crippen molar-refractivity contribution >= 4 is 5.91 Å². The van der Waals surface area contributed by atoms with Gasteiger partial charge in [-0.1, -0.05) is 18.6 Å². The Hall–Kier alpha value is -1.55. The lowest BCUT2D eigenvalue weighted by Gasteiger charge is -2.18. The summed E-state index contributed by atoms with van der Waals surface area (Å²) in [5, 5.41) is 3.58. The number of benzene rings is 1. The predicted octanol–water partition coefficient (Wildman–Crippen LogP) is 1.91. The number of nitrogens with one attached hydrogen (secondary N) is 1. The highest BCUT2D eigenvalue weighted by molar-refractivity contribution is 5.97. The van der Waals surface area contributed by atoms with Crippen LogP contribution < -0.4 is 10.1 Å². The van der Waals surface area contributed by atoms with E-state index >= 15 is 0 Å². The molecule has 2 fully saturated rings. The van der Waals surface area contributed by atoms with Crippen LogP contribution in [0.2, 0.25) is 0 Å². The van der Waals surface area contributed by atoms with Crippen molar-refractivity contribution in [2.24, 2.45) is 5.92 Å². The second-order valence-corrected chi connectivity index (χ2v) is 5.73. The molecule has 1 aromatic carbocycles. The molecule has 0 spiro atoms. The van der Waals surface area contributed by atoms with Gasteiger partial charge in [-0.2, -0.15) is 0 Å². The van der Waals surface area contributed by atoms with Gasteiger partial charge in [-0.25, -0.2) is 0 Å². The van der Waals surface area contributed by atoms with Gasteiger partial charge >= 0.3 is 0 Å². The van der Waals surface area contributed by atoms with E-state index in [1.165, 1.54) is 19.3 Å². The number of fused-ring (bicyclic) bond motifs is 1. The predicted molar refractivity (Wildman–Crippen MR) is 78.0 cm³/mol.